The van der Waals surface area contributed by atoms with Gasteiger partial charge >= 0.3 is 10.1 Å². The largest absolute Gasteiger partial charge is 0.543 e. The van der Waals surface area contributed by atoms with Gasteiger partial charge in [0.25, 0.3) is 4.87 Å². The molecule has 0 aliphatic rings. The van der Waals surface area contributed by atoms with Crippen molar-refractivity contribution < 1.29 is 32.1 Å². The molecule has 8 nitrogen and oxygen atoms in total. The molecule has 1 atom stereocenters. The molecule has 1 unspecified atom stereocenters. The van der Waals surface area contributed by atoms with E-state index in [0.29, 0.717) is 12.2 Å². The van der Waals surface area contributed by atoms with Crippen LogP contribution in [0.4, 0.5) is 0 Å². The fourth-order valence-corrected chi connectivity index (χ4v) is 2.44. The molecule has 0 saturated carbocycles. The predicted molar refractivity (Wildman–Crippen MR) is 55.7 cm³/mol. The summed E-state index contributed by atoms with van der Waals surface area (Å²) in [5, 5.41) is 11.1. The molecule has 9 heteroatoms. The molecule has 0 aliphatic carbocycles. The summed E-state index contributed by atoms with van der Waals surface area (Å²) in [5.41, 5.74) is 4.76. The van der Waals surface area contributed by atoms with Gasteiger partial charge in [0.2, 0.25) is 5.91 Å². The highest BCUT2D eigenvalue weighted by atomic mass is 32.2. The van der Waals surface area contributed by atoms with Gasteiger partial charge in [-0.3, -0.25) is 9.35 Å². The van der Waals surface area contributed by atoms with Crippen LogP contribution in [0.25, 0.3) is 0 Å². The van der Waals surface area contributed by atoms with E-state index in [1.54, 1.807) is 0 Å². The molecule has 98 valence electrons. The third-order valence-electron chi connectivity index (χ3n) is 2.16. The van der Waals surface area contributed by atoms with Crippen LogP contribution >= 0.6 is 0 Å². The number of carboxylic acid groups (broad SMARTS) is 1. The van der Waals surface area contributed by atoms with Gasteiger partial charge in [0.05, 0.1) is 21.1 Å². The van der Waals surface area contributed by atoms with Gasteiger partial charge in [-0.1, -0.05) is 0 Å². The molecule has 0 bridgehead atoms. The summed E-state index contributed by atoms with van der Waals surface area (Å²) in [4.78, 5) is 18.8. The normalized spacial score (nSPS) is 16.7. The number of hydrogen-bond donors (Lipinski definition) is 2. The topological polar surface area (TPSA) is 138 Å². The van der Waals surface area contributed by atoms with Gasteiger partial charge < -0.3 is 20.1 Å². The lowest BCUT2D eigenvalue weighted by Gasteiger charge is -2.41. The quantitative estimate of drug-likeness (QED) is 0.310. The van der Waals surface area contributed by atoms with E-state index in [-0.39, 0.29) is 0 Å². The first kappa shape index (κ1) is 15.6. The van der Waals surface area contributed by atoms with Gasteiger partial charge in [-0.15, -0.1) is 0 Å². The maximum absolute atomic E-state index is 11.3. The fraction of sp³-hybridized carbons (Fsp3) is 0.500. The zero-order valence-electron chi connectivity index (χ0n) is 9.58. The number of hydrogen-bond acceptors (Lipinski definition) is 5. The van der Waals surface area contributed by atoms with E-state index in [9.17, 15) is 23.1 Å². The fourth-order valence-electron chi connectivity index (χ4n) is 1.30. The first-order chi connectivity index (χ1) is 7.36. The summed E-state index contributed by atoms with van der Waals surface area (Å²) in [7, 11) is -1.45. The first-order valence-electron chi connectivity index (χ1n) is 4.35. The lowest BCUT2D eigenvalue weighted by atomic mass is 10.2. The van der Waals surface area contributed by atoms with Crippen LogP contribution in [0, 0.1) is 0 Å². The van der Waals surface area contributed by atoms with Crippen molar-refractivity contribution in [2.75, 3.05) is 21.1 Å². The van der Waals surface area contributed by atoms with Crippen molar-refractivity contribution in [2.45, 2.75) is 4.87 Å². The SMILES string of the molecule is C[N+](C)(C)C(C=CC(N)=O)(C(=O)[O-])S(=O)(=O)O. The molecule has 0 spiro atoms. The average Bonchev–Trinajstić information content (AvgIpc) is 1.97. The van der Waals surface area contributed by atoms with E-state index >= 15 is 0 Å². The molecule has 17 heavy (non-hydrogen) atoms. The number of rotatable bonds is 5. The van der Waals surface area contributed by atoms with Gasteiger partial charge in [-0.05, 0) is 0 Å². The number of carbonyl (C=O) groups excluding carboxylic acids is 2. The second-order valence-corrected chi connectivity index (χ2v) is 5.78. The van der Waals surface area contributed by atoms with Crippen molar-refractivity contribution in [3.05, 3.63) is 12.2 Å². The van der Waals surface area contributed by atoms with Gasteiger partial charge in [0.1, 0.15) is 5.97 Å². The summed E-state index contributed by atoms with van der Waals surface area (Å²) in [6.45, 7) is 0. The zero-order chi connectivity index (χ0) is 14.1. The van der Waals surface area contributed by atoms with E-state index in [2.05, 4.69) is 0 Å². The van der Waals surface area contributed by atoms with E-state index in [1.165, 1.54) is 21.1 Å². The van der Waals surface area contributed by atoms with Crippen molar-refractivity contribution in [2.24, 2.45) is 5.73 Å². The molecule has 0 rings (SSSR count). The number of nitrogens with two attached hydrogens (primary N) is 1. The van der Waals surface area contributed by atoms with Crippen molar-refractivity contribution in [3.63, 3.8) is 0 Å². The minimum Gasteiger partial charge on any atom is -0.543 e. The molecule has 0 aromatic heterocycles. The average molecular weight is 266 g/mol. The van der Waals surface area contributed by atoms with Crippen molar-refractivity contribution in [1.82, 2.24) is 0 Å². The van der Waals surface area contributed by atoms with Crippen molar-refractivity contribution in [1.29, 1.82) is 0 Å². The number of aliphatic carboxylic acids is 1. The smallest absolute Gasteiger partial charge is 0.332 e. The van der Waals surface area contributed by atoms with E-state index < -0.39 is 31.3 Å². The second-order valence-electron chi connectivity index (χ2n) is 4.21. The third kappa shape index (κ3) is 2.81. The molecule has 0 aromatic rings. The second kappa shape index (κ2) is 4.43. The number of quaternary nitrogens is 1. The zero-order valence-corrected chi connectivity index (χ0v) is 10.4. The van der Waals surface area contributed by atoms with Gasteiger partial charge in [-0.2, -0.15) is 8.42 Å². The van der Waals surface area contributed by atoms with Crippen LogP contribution in [0.1, 0.15) is 0 Å². The minimum atomic E-state index is -5.06. The van der Waals surface area contributed by atoms with Gasteiger partial charge in [0, 0.05) is 12.2 Å². The standard InChI is InChI=1S/C8H14N2O6S/c1-10(2,3)8(7(12)13,17(14,15)16)5-4-6(9)11/h4-5H,1-3H3,(H3-,9,11,12,13,14,15,16). The van der Waals surface area contributed by atoms with E-state index in [4.69, 9.17) is 10.3 Å². The Morgan fingerprint density at radius 3 is 1.94 bits per heavy atom. The Morgan fingerprint density at radius 2 is 1.76 bits per heavy atom. The summed E-state index contributed by atoms with van der Waals surface area (Å²) in [6.07, 6.45) is 1.05. The number of amides is 1. The molecule has 0 fully saturated rings. The summed E-state index contributed by atoms with van der Waals surface area (Å²) in [5.74, 6) is -3.11. The highest BCUT2D eigenvalue weighted by molar-refractivity contribution is 7.88. The van der Waals surface area contributed by atoms with Crippen LogP contribution < -0.4 is 10.8 Å². The molecule has 0 aliphatic heterocycles. The number of carboxylic acids is 1. The molecular formula is C8H14N2O6S. The Bertz CT molecular complexity index is 461. The molecule has 0 saturated heterocycles. The van der Waals surface area contributed by atoms with E-state index in [1.807, 2.05) is 0 Å². The van der Waals surface area contributed by atoms with Crippen LogP contribution in [0.5, 0.6) is 0 Å². The Hall–Kier alpha value is -1.45. The molecule has 1 amide bonds. The van der Waals surface area contributed by atoms with E-state index in [0.717, 1.165) is 0 Å². The summed E-state index contributed by atoms with van der Waals surface area (Å²) < 4.78 is 30.9. The molecule has 0 aromatic carbocycles. The molecular weight excluding hydrogens is 252 g/mol. The van der Waals surface area contributed by atoms with Crippen LogP contribution in [-0.4, -0.2) is 55.3 Å². The van der Waals surface area contributed by atoms with Gasteiger partial charge in [-0.25, -0.2) is 0 Å². The maximum atomic E-state index is 11.3. The van der Waals surface area contributed by atoms with Crippen LogP contribution in [0.2, 0.25) is 0 Å². The van der Waals surface area contributed by atoms with Crippen LogP contribution in [0.15, 0.2) is 12.2 Å². The number of likely N-dealkylation sites (N-methyl/N-ethyl adjacent to an activating group) is 1. The summed E-state index contributed by atoms with van der Waals surface area (Å²) >= 11 is 0. The Labute approximate surface area is 98.7 Å². The Balaban J connectivity index is 6.17. The lowest BCUT2D eigenvalue weighted by Crippen LogP contribution is -2.68. The van der Waals surface area contributed by atoms with Crippen LogP contribution in [-0.2, 0) is 19.7 Å². The van der Waals surface area contributed by atoms with Crippen molar-refractivity contribution >= 4 is 22.0 Å². The highest BCUT2D eigenvalue weighted by Gasteiger charge is 2.54. The number of nitrogens with zero attached hydrogens (tertiary/aromatic N) is 1. The maximum Gasteiger partial charge on any atom is 0.332 e. The highest BCUT2D eigenvalue weighted by Crippen LogP contribution is 2.26. The Kier molecular flexibility index (Phi) is 4.05. The third-order valence-corrected chi connectivity index (χ3v) is 3.79. The number of primary amides is 1. The minimum absolute atomic E-state index is 0.500. The van der Waals surface area contributed by atoms with Gasteiger partial charge in [0.15, 0.2) is 0 Å². The monoisotopic (exact) mass is 266 g/mol. The predicted octanol–water partition coefficient (Wildman–Crippen LogP) is -2.93. The molecule has 0 heterocycles. The van der Waals surface area contributed by atoms with Crippen LogP contribution in [0.3, 0.4) is 0 Å². The lowest BCUT2D eigenvalue weighted by molar-refractivity contribution is -0.893. The van der Waals surface area contributed by atoms with Crippen molar-refractivity contribution in [3.8, 4) is 0 Å². The Morgan fingerprint density at radius 1 is 1.35 bits per heavy atom. The molecule has 3 N–H and O–H groups in total. The summed E-state index contributed by atoms with van der Waals surface area (Å²) in [6, 6.07) is 0. The molecule has 0 radical (unpaired) electrons. The first-order valence-corrected chi connectivity index (χ1v) is 5.79. The number of carbonyl (C=O) groups is 2.